The molecule has 1 N–H and O–H groups in total. The first-order valence-corrected chi connectivity index (χ1v) is 13.8. The lowest BCUT2D eigenvalue weighted by Crippen LogP contribution is -2.38. The van der Waals surface area contributed by atoms with Gasteiger partial charge in [-0.2, -0.15) is 0 Å². The van der Waals surface area contributed by atoms with Crippen LogP contribution in [0.4, 0.5) is 0 Å². The highest BCUT2D eigenvalue weighted by Crippen LogP contribution is 2.40. The Balaban J connectivity index is 1.66. The fraction of sp³-hybridized carbons (Fsp3) is 0.484. The van der Waals surface area contributed by atoms with Crippen LogP contribution in [0.15, 0.2) is 48.0 Å². The number of hydrogen-bond acceptors (Lipinski definition) is 7. The molecule has 1 amide bonds. The Hall–Kier alpha value is -3.36. The van der Waals surface area contributed by atoms with Gasteiger partial charge in [0.25, 0.3) is 11.7 Å². The van der Waals surface area contributed by atoms with Crippen LogP contribution < -0.4 is 9.47 Å². The number of aliphatic hydroxyl groups excluding tert-OH is 1. The fourth-order valence-electron chi connectivity index (χ4n) is 5.03. The number of benzene rings is 2. The van der Waals surface area contributed by atoms with Crippen LogP contribution in [0, 0.1) is 12.8 Å². The van der Waals surface area contributed by atoms with Crippen molar-refractivity contribution >= 4 is 17.4 Å². The molecule has 2 aliphatic rings. The van der Waals surface area contributed by atoms with Gasteiger partial charge in [-0.25, -0.2) is 0 Å². The number of carbonyl (C=O) groups is 2. The van der Waals surface area contributed by atoms with Crippen molar-refractivity contribution in [1.29, 1.82) is 0 Å². The van der Waals surface area contributed by atoms with Crippen LogP contribution in [0.3, 0.4) is 0 Å². The first kappa shape index (κ1) is 28.6. The van der Waals surface area contributed by atoms with Crippen molar-refractivity contribution in [3.63, 3.8) is 0 Å². The summed E-state index contributed by atoms with van der Waals surface area (Å²) in [6.07, 6.45) is 0.710. The maximum absolute atomic E-state index is 13.4. The molecule has 0 saturated carbocycles. The van der Waals surface area contributed by atoms with E-state index in [0.717, 1.165) is 36.5 Å². The number of nitrogens with zero attached hydrogens (tertiary/aromatic N) is 2. The van der Waals surface area contributed by atoms with Crippen molar-refractivity contribution in [1.82, 2.24) is 9.80 Å². The van der Waals surface area contributed by atoms with Gasteiger partial charge in [0.1, 0.15) is 17.3 Å². The van der Waals surface area contributed by atoms with Crippen molar-refractivity contribution in [2.45, 2.75) is 40.2 Å². The van der Waals surface area contributed by atoms with E-state index in [-0.39, 0.29) is 11.3 Å². The number of carbonyl (C=O) groups excluding carboxylic acids is 2. The molecule has 2 fully saturated rings. The average Bonchev–Trinajstić information content (AvgIpc) is 3.18. The van der Waals surface area contributed by atoms with Crippen molar-refractivity contribution in [2.75, 3.05) is 52.6 Å². The Bertz CT molecular complexity index is 1180. The summed E-state index contributed by atoms with van der Waals surface area (Å²) >= 11 is 0. The van der Waals surface area contributed by atoms with Crippen LogP contribution in [0.2, 0.25) is 0 Å². The van der Waals surface area contributed by atoms with E-state index in [1.807, 2.05) is 38.1 Å². The quantitative estimate of drug-likeness (QED) is 0.256. The number of morpholine rings is 1. The van der Waals surface area contributed by atoms with E-state index in [1.54, 1.807) is 23.1 Å². The number of aliphatic hydroxyl groups is 1. The second kappa shape index (κ2) is 13.1. The molecule has 0 aliphatic carbocycles. The predicted octanol–water partition coefficient (Wildman–Crippen LogP) is 4.57. The molecule has 210 valence electrons. The third-order valence-corrected chi connectivity index (χ3v) is 7.04. The van der Waals surface area contributed by atoms with Gasteiger partial charge in [0.2, 0.25) is 0 Å². The number of rotatable bonds is 11. The van der Waals surface area contributed by atoms with Crippen LogP contribution >= 0.6 is 0 Å². The van der Waals surface area contributed by atoms with E-state index in [2.05, 4.69) is 18.7 Å². The Morgan fingerprint density at radius 3 is 2.41 bits per heavy atom. The standard InChI is InChI=1S/C31H40N2O6/c1-5-38-25-10-7-23(8-11-25)28-27(29(34)24-9-12-26(22(4)19-24)39-20-21(2)3)30(35)31(36)33(28)14-6-13-32-15-17-37-18-16-32/h7-12,19,21,28,34H,5-6,13-18,20H2,1-4H3/b29-27+/t28-/m0/s1. The van der Waals surface area contributed by atoms with Crippen molar-refractivity contribution in [2.24, 2.45) is 5.92 Å². The molecule has 0 aromatic heterocycles. The van der Waals surface area contributed by atoms with E-state index in [1.165, 1.54) is 0 Å². The maximum Gasteiger partial charge on any atom is 0.295 e. The van der Waals surface area contributed by atoms with Crippen molar-refractivity contribution in [3.05, 3.63) is 64.7 Å². The van der Waals surface area contributed by atoms with Crippen molar-refractivity contribution < 1.29 is 28.9 Å². The van der Waals surface area contributed by atoms with Crippen LogP contribution in [0.1, 0.15) is 49.9 Å². The fourth-order valence-corrected chi connectivity index (χ4v) is 5.03. The topological polar surface area (TPSA) is 88.5 Å². The van der Waals surface area contributed by atoms with Gasteiger partial charge in [0, 0.05) is 31.7 Å². The molecule has 2 aromatic rings. The molecule has 2 saturated heterocycles. The predicted molar refractivity (Wildman–Crippen MR) is 150 cm³/mol. The monoisotopic (exact) mass is 536 g/mol. The average molecular weight is 537 g/mol. The lowest BCUT2D eigenvalue weighted by molar-refractivity contribution is -0.140. The molecule has 2 aliphatic heterocycles. The van der Waals surface area contributed by atoms with Gasteiger partial charge in [0.05, 0.1) is 38.0 Å². The normalized spacial score (nSPS) is 19.6. The molecule has 0 radical (unpaired) electrons. The molecule has 8 nitrogen and oxygen atoms in total. The summed E-state index contributed by atoms with van der Waals surface area (Å²) in [7, 11) is 0. The Morgan fingerprint density at radius 1 is 1.05 bits per heavy atom. The number of ether oxygens (including phenoxy) is 3. The summed E-state index contributed by atoms with van der Waals surface area (Å²) in [5.41, 5.74) is 2.17. The van der Waals surface area contributed by atoms with Crippen LogP contribution in [-0.4, -0.2) is 79.2 Å². The molecular formula is C31H40N2O6. The van der Waals surface area contributed by atoms with E-state index >= 15 is 0 Å². The molecule has 4 rings (SSSR count). The van der Waals surface area contributed by atoms with Gasteiger partial charge in [-0.15, -0.1) is 0 Å². The first-order valence-electron chi connectivity index (χ1n) is 13.8. The summed E-state index contributed by atoms with van der Waals surface area (Å²) in [5, 5.41) is 11.5. The Labute approximate surface area is 231 Å². The van der Waals surface area contributed by atoms with Crippen LogP contribution in [0.25, 0.3) is 5.76 Å². The molecule has 2 heterocycles. The molecule has 39 heavy (non-hydrogen) atoms. The second-order valence-corrected chi connectivity index (χ2v) is 10.5. The summed E-state index contributed by atoms with van der Waals surface area (Å²) in [5.74, 6) is 0.374. The van der Waals surface area contributed by atoms with E-state index in [4.69, 9.17) is 14.2 Å². The zero-order chi connectivity index (χ0) is 27.9. The highest BCUT2D eigenvalue weighted by molar-refractivity contribution is 6.46. The summed E-state index contributed by atoms with van der Waals surface area (Å²) in [6.45, 7) is 13.4. The first-order chi connectivity index (χ1) is 18.8. The highest BCUT2D eigenvalue weighted by atomic mass is 16.5. The second-order valence-electron chi connectivity index (χ2n) is 10.5. The van der Waals surface area contributed by atoms with Gasteiger partial charge in [-0.05, 0) is 67.6 Å². The molecule has 2 aromatic carbocycles. The molecule has 1 atom stereocenters. The van der Waals surface area contributed by atoms with Gasteiger partial charge >= 0.3 is 0 Å². The van der Waals surface area contributed by atoms with E-state index in [9.17, 15) is 14.7 Å². The van der Waals surface area contributed by atoms with E-state index < -0.39 is 17.7 Å². The van der Waals surface area contributed by atoms with Gasteiger partial charge < -0.3 is 24.2 Å². The smallest absolute Gasteiger partial charge is 0.295 e. The van der Waals surface area contributed by atoms with Crippen molar-refractivity contribution in [3.8, 4) is 11.5 Å². The van der Waals surface area contributed by atoms with Gasteiger partial charge in [-0.3, -0.25) is 14.5 Å². The number of likely N-dealkylation sites (tertiary alicyclic amines) is 1. The third-order valence-electron chi connectivity index (χ3n) is 7.04. The number of aryl methyl sites for hydroxylation is 1. The molecule has 8 heteroatoms. The minimum absolute atomic E-state index is 0.103. The summed E-state index contributed by atoms with van der Waals surface area (Å²) in [6, 6.07) is 12.0. The molecular weight excluding hydrogens is 496 g/mol. The number of hydrogen-bond donors (Lipinski definition) is 1. The molecule has 0 bridgehead atoms. The van der Waals surface area contributed by atoms with Crippen LogP contribution in [0.5, 0.6) is 11.5 Å². The highest BCUT2D eigenvalue weighted by Gasteiger charge is 2.45. The Morgan fingerprint density at radius 2 is 1.77 bits per heavy atom. The third kappa shape index (κ3) is 6.81. The zero-order valence-corrected chi connectivity index (χ0v) is 23.4. The van der Waals surface area contributed by atoms with Gasteiger partial charge in [-0.1, -0.05) is 26.0 Å². The summed E-state index contributed by atoms with van der Waals surface area (Å²) in [4.78, 5) is 30.6. The van der Waals surface area contributed by atoms with Gasteiger partial charge in [0.15, 0.2) is 0 Å². The minimum atomic E-state index is -0.692. The zero-order valence-electron chi connectivity index (χ0n) is 23.4. The number of Topliss-reactive ketones (excluding diaryl/α,β-unsaturated/α-hetero) is 1. The maximum atomic E-state index is 13.4. The SMILES string of the molecule is CCOc1ccc([C@H]2/C(=C(\O)c3ccc(OCC(C)C)c(C)c3)C(=O)C(=O)N2CCCN2CCOCC2)cc1. The summed E-state index contributed by atoms with van der Waals surface area (Å²) < 4.78 is 16.9. The van der Waals surface area contributed by atoms with Crippen LogP contribution in [-0.2, 0) is 14.3 Å². The number of amides is 1. The minimum Gasteiger partial charge on any atom is -0.507 e. The molecule has 0 spiro atoms. The lowest BCUT2D eigenvalue weighted by atomic mass is 9.94. The Kier molecular flexibility index (Phi) is 9.64. The van der Waals surface area contributed by atoms with E-state index in [0.29, 0.717) is 56.6 Å². The largest absolute Gasteiger partial charge is 0.507 e. The lowest BCUT2D eigenvalue weighted by Gasteiger charge is -2.29. The molecule has 0 unspecified atom stereocenters. The number of ketones is 1.